The van der Waals surface area contributed by atoms with E-state index >= 15 is 0 Å². The van der Waals surface area contributed by atoms with E-state index in [0.29, 0.717) is 46.8 Å². The van der Waals surface area contributed by atoms with Crippen molar-refractivity contribution >= 4 is 16.8 Å². The van der Waals surface area contributed by atoms with E-state index in [1.165, 1.54) is 31.4 Å². The third kappa shape index (κ3) is 3.50. The lowest BCUT2D eigenvalue weighted by atomic mass is 9.68. The summed E-state index contributed by atoms with van der Waals surface area (Å²) in [7, 11) is 4.98. The molecule has 2 unspecified atom stereocenters. The van der Waals surface area contributed by atoms with Gasteiger partial charge in [0.15, 0.2) is 0 Å². The van der Waals surface area contributed by atoms with Gasteiger partial charge in [-0.2, -0.15) is 0 Å². The van der Waals surface area contributed by atoms with Crippen molar-refractivity contribution in [1.29, 1.82) is 0 Å². The van der Waals surface area contributed by atoms with Gasteiger partial charge in [-0.25, -0.2) is 0 Å². The highest BCUT2D eigenvalue weighted by atomic mass is 16.5. The molecule has 4 aliphatic rings. The first-order valence-electron chi connectivity index (χ1n) is 13.0. The molecule has 7 heteroatoms. The lowest BCUT2D eigenvalue weighted by Gasteiger charge is -2.54. The van der Waals surface area contributed by atoms with Crippen LogP contribution in [-0.2, 0) is 7.05 Å². The van der Waals surface area contributed by atoms with Crippen molar-refractivity contribution in [2.24, 2.45) is 18.9 Å². The molecule has 1 aromatic heterocycles. The van der Waals surface area contributed by atoms with E-state index in [-0.39, 0.29) is 22.9 Å². The average Bonchev–Trinajstić information content (AvgIpc) is 2.89. The molecule has 0 radical (unpaired) electrons. The molecule has 3 fully saturated rings. The number of aryl methyl sites for hydroxylation is 1. The summed E-state index contributed by atoms with van der Waals surface area (Å²) >= 11 is 0. The van der Waals surface area contributed by atoms with Gasteiger partial charge in [-0.3, -0.25) is 14.5 Å². The second-order valence-electron chi connectivity index (χ2n) is 10.7. The first-order chi connectivity index (χ1) is 17.0. The van der Waals surface area contributed by atoms with Gasteiger partial charge in [0, 0.05) is 32.4 Å². The van der Waals surface area contributed by atoms with Crippen LogP contribution in [0.2, 0.25) is 0 Å². The number of fused-ring (bicyclic) bond motifs is 7. The van der Waals surface area contributed by atoms with E-state index in [4.69, 9.17) is 9.47 Å². The van der Waals surface area contributed by atoms with Gasteiger partial charge in [0.2, 0.25) is 5.43 Å². The molecule has 4 heterocycles. The van der Waals surface area contributed by atoms with E-state index < -0.39 is 0 Å². The Bertz CT molecular complexity index is 1270. The van der Waals surface area contributed by atoms with Crippen LogP contribution >= 0.6 is 0 Å². The van der Waals surface area contributed by atoms with Gasteiger partial charge in [0.25, 0.3) is 5.91 Å². The number of methoxy groups -OCH3 is 2. The molecule has 4 atom stereocenters. The lowest BCUT2D eigenvalue weighted by Crippen LogP contribution is -2.60. The Labute approximate surface area is 206 Å². The van der Waals surface area contributed by atoms with Crippen LogP contribution in [0.5, 0.6) is 11.5 Å². The summed E-state index contributed by atoms with van der Waals surface area (Å²) in [6, 6.07) is 4.30. The van der Waals surface area contributed by atoms with Gasteiger partial charge >= 0.3 is 0 Å². The molecular formula is C28H35N3O4. The summed E-state index contributed by atoms with van der Waals surface area (Å²) < 4.78 is 12.9. The van der Waals surface area contributed by atoms with Crippen molar-refractivity contribution in [3.05, 3.63) is 45.8 Å². The molecule has 6 rings (SSSR count). The Kier molecular flexibility index (Phi) is 5.63. The first-order valence-corrected chi connectivity index (χ1v) is 13.0. The van der Waals surface area contributed by atoms with Crippen LogP contribution in [0.1, 0.15) is 48.9 Å². The number of benzene rings is 1. The number of piperidine rings is 3. The summed E-state index contributed by atoms with van der Waals surface area (Å²) in [5.41, 5.74) is 1.98. The summed E-state index contributed by atoms with van der Waals surface area (Å²) in [5.74, 6) is 1.93. The maximum absolute atomic E-state index is 14.1. The standard InChI is InChI=1S/C28H35N3O4/c1-29-16-20(27(32)24-22(34-2)9-10-23(35-3)26(24)29)28(33)31-12-6-7-17-13-18-14-19(25(17)31)15-30-11-5-4-8-21(18)30/h9-10,13,16,18-19,21,25H,4-8,11-12,14-15H2,1-3H3/t18-,19-,21?,25?/m0/s1. The Morgan fingerprint density at radius 2 is 1.86 bits per heavy atom. The van der Waals surface area contributed by atoms with Crippen molar-refractivity contribution < 1.29 is 14.3 Å². The van der Waals surface area contributed by atoms with Crippen molar-refractivity contribution in [1.82, 2.24) is 14.4 Å². The second-order valence-corrected chi connectivity index (χ2v) is 10.7. The van der Waals surface area contributed by atoms with Crippen LogP contribution in [0.3, 0.4) is 0 Å². The molecule has 1 aromatic carbocycles. The van der Waals surface area contributed by atoms with Crippen LogP contribution < -0.4 is 14.9 Å². The van der Waals surface area contributed by atoms with Crippen molar-refractivity contribution in [3.8, 4) is 11.5 Å². The number of carbonyl (C=O) groups is 1. The summed E-state index contributed by atoms with van der Waals surface area (Å²) in [5, 5.41) is 0.394. The Hall–Kier alpha value is -2.80. The number of ether oxygens (including phenoxy) is 2. The van der Waals surface area contributed by atoms with Gasteiger partial charge in [-0.05, 0) is 62.6 Å². The van der Waals surface area contributed by atoms with Gasteiger partial charge in [0.1, 0.15) is 17.1 Å². The molecule has 0 N–H and O–H groups in total. The van der Waals surface area contributed by atoms with Crippen LogP contribution in [0, 0.1) is 11.8 Å². The van der Waals surface area contributed by atoms with Crippen molar-refractivity contribution in [2.75, 3.05) is 33.9 Å². The normalized spacial score (nSPS) is 28.2. The third-order valence-electron chi connectivity index (χ3n) is 8.84. The maximum atomic E-state index is 14.1. The first kappa shape index (κ1) is 22.7. The molecule has 186 valence electrons. The van der Waals surface area contributed by atoms with Gasteiger partial charge in [-0.1, -0.05) is 18.1 Å². The minimum atomic E-state index is -0.289. The highest BCUT2D eigenvalue weighted by Crippen LogP contribution is 2.45. The Morgan fingerprint density at radius 3 is 2.66 bits per heavy atom. The summed E-state index contributed by atoms with van der Waals surface area (Å²) in [6.07, 6.45) is 11.3. The summed E-state index contributed by atoms with van der Waals surface area (Å²) in [6.45, 7) is 2.93. The minimum Gasteiger partial charge on any atom is -0.496 e. The largest absolute Gasteiger partial charge is 0.496 e. The molecule has 3 aliphatic heterocycles. The molecule has 35 heavy (non-hydrogen) atoms. The zero-order chi connectivity index (χ0) is 24.3. The molecule has 2 bridgehead atoms. The quantitative estimate of drug-likeness (QED) is 0.633. The number of hydrogen-bond donors (Lipinski definition) is 0. The summed E-state index contributed by atoms with van der Waals surface area (Å²) in [4.78, 5) is 32.5. The fourth-order valence-corrected chi connectivity index (χ4v) is 7.42. The minimum absolute atomic E-state index is 0.1000. The number of carbonyl (C=O) groups excluding carboxylic acids is 1. The van der Waals surface area contributed by atoms with E-state index in [1.807, 2.05) is 16.5 Å². The SMILES string of the molecule is COc1ccc(OC)c2c1c(=O)c(C(=O)N1CCCC3=C[C@H]4C[C@@H](CN5CCCCC45)C31)cn2C. The van der Waals surface area contributed by atoms with E-state index in [1.54, 1.807) is 32.5 Å². The number of hydrogen-bond acceptors (Lipinski definition) is 5. The van der Waals surface area contributed by atoms with Crippen LogP contribution in [0.25, 0.3) is 10.9 Å². The zero-order valence-electron chi connectivity index (χ0n) is 21.0. The molecule has 1 aliphatic carbocycles. The number of pyridine rings is 1. The Balaban J connectivity index is 1.42. The fraction of sp³-hybridized carbons (Fsp3) is 0.571. The highest BCUT2D eigenvalue weighted by Gasteiger charge is 2.47. The molecule has 1 amide bonds. The number of amides is 1. The van der Waals surface area contributed by atoms with Gasteiger partial charge in [-0.15, -0.1) is 0 Å². The molecule has 0 spiro atoms. The molecule has 3 saturated heterocycles. The van der Waals surface area contributed by atoms with E-state index in [9.17, 15) is 9.59 Å². The van der Waals surface area contributed by atoms with Crippen molar-refractivity contribution in [3.63, 3.8) is 0 Å². The second kappa shape index (κ2) is 8.70. The van der Waals surface area contributed by atoms with Gasteiger partial charge in [0.05, 0.1) is 31.2 Å². The predicted octanol–water partition coefficient (Wildman–Crippen LogP) is 3.59. The maximum Gasteiger partial charge on any atom is 0.259 e. The fourth-order valence-electron chi connectivity index (χ4n) is 7.42. The van der Waals surface area contributed by atoms with Crippen LogP contribution in [-0.4, -0.2) is 66.2 Å². The zero-order valence-corrected chi connectivity index (χ0v) is 21.0. The molecular weight excluding hydrogens is 442 g/mol. The molecule has 7 nitrogen and oxygen atoms in total. The average molecular weight is 478 g/mol. The van der Waals surface area contributed by atoms with Gasteiger partial charge < -0.3 is 18.9 Å². The Morgan fingerprint density at radius 1 is 1.06 bits per heavy atom. The van der Waals surface area contributed by atoms with Crippen LogP contribution in [0.15, 0.2) is 34.8 Å². The number of likely N-dealkylation sites (tertiary alicyclic amines) is 1. The number of aromatic nitrogens is 1. The monoisotopic (exact) mass is 477 g/mol. The molecule has 0 saturated carbocycles. The lowest BCUT2D eigenvalue weighted by molar-refractivity contribution is 0.00142. The molecule has 2 aromatic rings. The van der Waals surface area contributed by atoms with Crippen LogP contribution in [0.4, 0.5) is 0 Å². The topological polar surface area (TPSA) is 64.0 Å². The number of nitrogens with zero attached hydrogens (tertiary/aromatic N) is 3. The van der Waals surface area contributed by atoms with E-state index in [2.05, 4.69) is 11.0 Å². The highest BCUT2D eigenvalue weighted by molar-refractivity contribution is 6.00. The van der Waals surface area contributed by atoms with Crippen molar-refractivity contribution in [2.45, 2.75) is 50.6 Å². The van der Waals surface area contributed by atoms with E-state index in [0.717, 1.165) is 25.8 Å². The third-order valence-corrected chi connectivity index (χ3v) is 8.84. The predicted molar refractivity (Wildman–Crippen MR) is 135 cm³/mol. The number of rotatable bonds is 3. The smallest absolute Gasteiger partial charge is 0.259 e.